The Morgan fingerprint density at radius 2 is 2.25 bits per heavy atom. The van der Waals surface area contributed by atoms with Crippen molar-refractivity contribution in [2.45, 2.75) is 19.8 Å². The second-order valence-electron chi connectivity index (χ2n) is 1.16. The molecule has 0 heterocycles. The molecule has 0 unspecified atom stereocenters. The van der Waals surface area contributed by atoms with E-state index in [0.29, 0.717) is 0 Å². The summed E-state index contributed by atoms with van der Waals surface area (Å²) in [7, 11) is 0. The van der Waals surface area contributed by atoms with Crippen molar-refractivity contribution >= 4 is 0 Å². The molecule has 0 saturated carbocycles. The van der Waals surface area contributed by atoms with Crippen LogP contribution in [0.1, 0.15) is 19.8 Å². The van der Waals surface area contributed by atoms with Crippen LogP contribution in [0.25, 0.3) is 0 Å². The van der Waals surface area contributed by atoms with E-state index in [1.165, 1.54) is 11.8 Å². The zero-order valence-corrected chi connectivity index (χ0v) is 5.00. The third-order valence-corrected chi connectivity index (χ3v) is 0.493. The van der Waals surface area contributed by atoms with E-state index in [1.807, 2.05) is 6.08 Å². The van der Waals surface area contributed by atoms with Crippen molar-refractivity contribution in [3.8, 4) is 0 Å². The molecule has 0 aromatic rings. The van der Waals surface area contributed by atoms with Crippen LogP contribution in [0.3, 0.4) is 0 Å². The van der Waals surface area contributed by atoms with Gasteiger partial charge < -0.3 is 5.21 Å². The van der Waals surface area contributed by atoms with Crippen LogP contribution < -0.4 is 0 Å². The fourth-order valence-corrected chi connectivity index (χ4v) is 0.204. The summed E-state index contributed by atoms with van der Waals surface area (Å²) in [5, 5.41) is 7.89. The second-order valence-corrected chi connectivity index (χ2v) is 1.16. The van der Waals surface area contributed by atoms with E-state index in [4.69, 9.17) is 10.1 Å². The Morgan fingerprint density at radius 3 is 2.25 bits per heavy atom. The Kier molecular flexibility index (Phi) is 21.0. The van der Waals surface area contributed by atoms with Gasteiger partial charge in [0.15, 0.2) is 5.34 Å². The van der Waals surface area contributed by atoms with Crippen LogP contribution in [0.4, 0.5) is 0 Å². The van der Waals surface area contributed by atoms with Gasteiger partial charge in [-0.3, -0.25) is 0 Å². The van der Waals surface area contributed by atoms with Crippen LogP contribution in [0.5, 0.6) is 0 Å². The molecule has 0 amide bonds. The highest BCUT2D eigenvalue weighted by Gasteiger charge is 1.61. The number of rotatable bonds is 2. The molecule has 0 spiro atoms. The van der Waals surface area contributed by atoms with Gasteiger partial charge >= 0.3 is 0 Å². The van der Waals surface area contributed by atoms with Crippen molar-refractivity contribution in [1.29, 1.82) is 0 Å². The lowest BCUT2D eigenvalue weighted by Gasteiger charge is -1.72. The molecule has 0 rings (SSSR count). The van der Waals surface area contributed by atoms with Gasteiger partial charge in [0.25, 0.3) is 0 Å². The largest absolute Gasteiger partial charge is 0.379 e. The van der Waals surface area contributed by atoms with Gasteiger partial charge in [-0.2, -0.15) is 0 Å². The Morgan fingerprint density at radius 1 is 1.88 bits per heavy atom. The molecule has 3 heteroatoms. The predicted octanol–water partition coefficient (Wildman–Crippen LogP) is 2.11. The average Bonchev–Trinajstić information content (AvgIpc) is 1.71. The quantitative estimate of drug-likeness (QED) is 0.342. The minimum Gasteiger partial charge on any atom is -0.379 e. The highest BCUT2D eigenvalue weighted by atomic mass is 16.6. The predicted molar refractivity (Wildman–Crippen MR) is 32.7 cm³/mol. The van der Waals surface area contributed by atoms with Crippen LogP contribution in [0.2, 0.25) is 0 Å². The maximum Gasteiger partial charge on any atom is 0.152 e. The van der Waals surface area contributed by atoms with Crippen molar-refractivity contribution in [3.05, 3.63) is 17.6 Å². The number of hydrogen-bond acceptors (Lipinski definition) is 2. The highest BCUT2D eigenvalue weighted by molar-refractivity contribution is 4.63. The summed E-state index contributed by atoms with van der Waals surface area (Å²) in [4.78, 5) is 8.11. The third-order valence-electron chi connectivity index (χ3n) is 0.493. The van der Waals surface area contributed by atoms with Gasteiger partial charge in [-0.05, 0) is 6.42 Å². The Labute approximate surface area is 49.0 Å². The number of hydrogen-bond donors (Lipinski definition) is 1. The summed E-state index contributed by atoms with van der Waals surface area (Å²) in [5.74, 6) is 0. The minimum atomic E-state index is 1.15. The van der Waals surface area contributed by atoms with E-state index in [2.05, 4.69) is 13.5 Å². The standard InChI is InChI=1S/C5H10.HNO2/c1-3-5-4-2;2-1-3/h3H,1,4-5H2,2H3;(H,2,3). The molecule has 0 aromatic carbocycles. The number of unbranched alkanes of at least 4 members (excludes halogenated alkanes) is 1. The topological polar surface area (TPSA) is 49.7 Å². The molecule has 0 bridgehead atoms. The Bertz CT molecular complexity index is 54.4. The first-order valence-electron chi connectivity index (χ1n) is 2.41. The maximum absolute atomic E-state index is 8.11. The monoisotopic (exact) mass is 117 g/mol. The summed E-state index contributed by atoms with van der Waals surface area (Å²) in [6.45, 7) is 5.69. The molecule has 0 radical (unpaired) electrons. The molecule has 0 saturated heterocycles. The smallest absolute Gasteiger partial charge is 0.152 e. The summed E-state index contributed by atoms with van der Waals surface area (Å²) in [5.41, 5.74) is 0. The van der Waals surface area contributed by atoms with E-state index in [0.717, 1.165) is 6.42 Å². The Balaban J connectivity index is 0. The van der Waals surface area contributed by atoms with Crippen LogP contribution >= 0.6 is 0 Å². The third kappa shape index (κ3) is 67.8. The van der Waals surface area contributed by atoms with Gasteiger partial charge in [0, 0.05) is 0 Å². The molecule has 0 aliphatic rings. The van der Waals surface area contributed by atoms with Gasteiger partial charge in [0.05, 0.1) is 0 Å². The fraction of sp³-hybridized carbons (Fsp3) is 0.600. The number of allylic oxidation sites excluding steroid dienone is 1. The lowest BCUT2D eigenvalue weighted by Crippen LogP contribution is -1.52. The van der Waals surface area contributed by atoms with Crippen LogP contribution in [-0.2, 0) is 0 Å². The van der Waals surface area contributed by atoms with E-state index in [-0.39, 0.29) is 0 Å². The molecular formula is C5H11NO2. The lowest BCUT2D eigenvalue weighted by atomic mass is 10.3. The molecule has 1 N–H and O–H groups in total. The van der Waals surface area contributed by atoms with E-state index in [1.54, 1.807) is 0 Å². The van der Waals surface area contributed by atoms with Gasteiger partial charge in [-0.15, -0.1) is 11.5 Å². The molecular weight excluding hydrogens is 106 g/mol. The van der Waals surface area contributed by atoms with Gasteiger partial charge in [-0.25, -0.2) is 0 Å². The second kappa shape index (κ2) is 16.5. The van der Waals surface area contributed by atoms with E-state index < -0.39 is 0 Å². The van der Waals surface area contributed by atoms with Crippen molar-refractivity contribution < 1.29 is 5.21 Å². The first-order valence-corrected chi connectivity index (χ1v) is 2.41. The zero-order valence-electron chi connectivity index (χ0n) is 5.00. The molecule has 0 aliphatic heterocycles. The van der Waals surface area contributed by atoms with Crippen molar-refractivity contribution in [2.75, 3.05) is 0 Å². The molecule has 48 valence electrons. The van der Waals surface area contributed by atoms with Crippen LogP contribution in [0.15, 0.2) is 18.0 Å². The van der Waals surface area contributed by atoms with Crippen molar-refractivity contribution in [1.82, 2.24) is 0 Å². The molecule has 0 aliphatic carbocycles. The summed E-state index contributed by atoms with van der Waals surface area (Å²) in [6.07, 6.45) is 4.31. The zero-order chi connectivity index (χ0) is 6.83. The molecule has 3 nitrogen and oxygen atoms in total. The van der Waals surface area contributed by atoms with E-state index in [9.17, 15) is 0 Å². The van der Waals surface area contributed by atoms with E-state index >= 15 is 0 Å². The summed E-state index contributed by atoms with van der Waals surface area (Å²) < 4.78 is 0. The highest BCUT2D eigenvalue weighted by Crippen LogP contribution is 1.82. The van der Waals surface area contributed by atoms with Crippen LogP contribution in [-0.4, -0.2) is 5.21 Å². The SMILES string of the molecule is C=CCCC.O=NO. The van der Waals surface area contributed by atoms with Gasteiger partial charge in [0.1, 0.15) is 0 Å². The van der Waals surface area contributed by atoms with Crippen molar-refractivity contribution in [2.24, 2.45) is 5.34 Å². The Hall–Kier alpha value is -0.860. The molecule has 0 atom stereocenters. The van der Waals surface area contributed by atoms with Gasteiger partial charge in [0.2, 0.25) is 0 Å². The molecule has 0 aromatic heterocycles. The van der Waals surface area contributed by atoms with Gasteiger partial charge in [-0.1, -0.05) is 19.4 Å². The number of nitrogens with zero attached hydrogens (tertiary/aromatic N) is 1. The van der Waals surface area contributed by atoms with Crippen LogP contribution in [0, 0.1) is 4.91 Å². The summed E-state index contributed by atoms with van der Waals surface area (Å²) in [6, 6.07) is 0. The normalized spacial score (nSPS) is 6.12. The average molecular weight is 117 g/mol. The molecule has 0 fully saturated rings. The molecule has 8 heavy (non-hydrogen) atoms. The minimum absolute atomic E-state index is 1.15. The maximum atomic E-state index is 8.11. The fourth-order valence-electron chi connectivity index (χ4n) is 0.204. The first kappa shape index (κ1) is 10.2. The first-order chi connectivity index (χ1) is 3.83. The van der Waals surface area contributed by atoms with Crippen molar-refractivity contribution in [3.63, 3.8) is 0 Å². The lowest BCUT2D eigenvalue weighted by molar-refractivity contribution is 0.312. The summed E-state index contributed by atoms with van der Waals surface area (Å²) >= 11 is 0.